The molecule has 0 bridgehead atoms. The van der Waals surface area contributed by atoms with Crippen molar-refractivity contribution in [3.63, 3.8) is 0 Å². The van der Waals surface area contributed by atoms with Gasteiger partial charge < -0.3 is 0 Å². The van der Waals surface area contributed by atoms with Gasteiger partial charge in [-0.05, 0) is 31.4 Å². The minimum atomic E-state index is -3.55. The predicted octanol–water partition coefficient (Wildman–Crippen LogP) is 1.47. The van der Waals surface area contributed by atoms with Gasteiger partial charge in [0.25, 0.3) is 0 Å². The van der Waals surface area contributed by atoms with Gasteiger partial charge in [-0.1, -0.05) is 12.1 Å². The number of nitrogens with zero attached hydrogens (tertiary/aromatic N) is 1. The van der Waals surface area contributed by atoms with Crippen LogP contribution in [-0.2, 0) is 10.2 Å². The molecular formula is C13H16N2O3S. The van der Waals surface area contributed by atoms with Gasteiger partial charge in [-0.15, -0.1) is 0 Å². The van der Waals surface area contributed by atoms with Gasteiger partial charge in [0.15, 0.2) is 5.78 Å². The number of carbonyl (C=O) groups is 1. The van der Waals surface area contributed by atoms with Crippen LogP contribution in [0.1, 0.15) is 36.0 Å². The average molecular weight is 280 g/mol. The molecule has 1 aliphatic heterocycles. The van der Waals surface area contributed by atoms with Crippen molar-refractivity contribution in [1.82, 2.24) is 4.72 Å². The van der Waals surface area contributed by atoms with E-state index in [1.807, 2.05) is 0 Å². The molecule has 0 aromatic heterocycles. The topological polar surface area (TPSA) is 66.5 Å². The van der Waals surface area contributed by atoms with E-state index in [-0.39, 0.29) is 11.8 Å². The van der Waals surface area contributed by atoms with Crippen molar-refractivity contribution in [2.24, 2.45) is 0 Å². The lowest BCUT2D eigenvalue weighted by atomic mass is 10.1. The fraction of sp³-hybridized carbons (Fsp3) is 0.462. The Balaban J connectivity index is 2.01. The largest absolute Gasteiger partial charge is 0.301 e. The van der Waals surface area contributed by atoms with E-state index in [1.54, 1.807) is 24.3 Å². The van der Waals surface area contributed by atoms with Crippen molar-refractivity contribution in [1.29, 1.82) is 0 Å². The average Bonchev–Trinajstić information content (AvgIpc) is 3.17. The summed E-state index contributed by atoms with van der Waals surface area (Å²) in [7, 11) is -3.55. The number of hydrogen-bond donors (Lipinski definition) is 1. The second kappa shape index (κ2) is 4.61. The molecule has 1 heterocycles. The summed E-state index contributed by atoms with van der Waals surface area (Å²) in [4.78, 5) is 12.0. The van der Waals surface area contributed by atoms with Gasteiger partial charge >= 0.3 is 10.2 Å². The van der Waals surface area contributed by atoms with Crippen LogP contribution >= 0.6 is 0 Å². The summed E-state index contributed by atoms with van der Waals surface area (Å²) in [5.41, 5.74) is 0.999. The molecular weight excluding hydrogens is 264 g/mol. The summed E-state index contributed by atoms with van der Waals surface area (Å²) in [5.74, 6) is 0.0136. The highest BCUT2D eigenvalue weighted by atomic mass is 32.2. The molecule has 1 aliphatic carbocycles. The van der Waals surface area contributed by atoms with Gasteiger partial charge in [0.2, 0.25) is 0 Å². The lowest BCUT2D eigenvalue weighted by Gasteiger charge is -2.24. The summed E-state index contributed by atoms with van der Waals surface area (Å²) in [6.07, 6.45) is 2.74. The van der Waals surface area contributed by atoms with E-state index >= 15 is 0 Å². The molecule has 0 unspecified atom stereocenters. The van der Waals surface area contributed by atoms with E-state index in [4.69, 9.17) is 0 Å². The molecule has 102 valence electrons. The lowest BCUT2D eigenvalue weighted by Crippen LogP contribution is -2.42. The maximum atomic E-state index is 12.4. The van der Waals surface area contributed by atoms with Gasteiger partial charge in [-0.3, -0.25) is 9.10 Å². The van der Waals surface area contributed by atoms with Crippen molar-refractivity contribution in [2.75, 3.05) is 10.8 Å². The standard InChI is InChI=1S/C13H16N2O3S/c16-13-6-3-9-15(12-5-2-1-4-11(12)13)19(17,18)14-10-7-8-10/h1-2,4-5,10,14H,3,6-9H2. The van der Waals surface area contributed by atoms with Gasteiger partial charge in [-0.25, -0.2) is 0 Å². The van der Waals surface area contributed by atoms with Crippen LogP contribution in [0.3, 0.4) is 0 Å². The lowest BCUT2D eigenvalue weighted by molar-refractivity contribution is 0.0984. The Hall–Kier alpha value is -1.40. The van der Waals surface area contributed by atoms with E-state index in [9.17, 15) is 13.2 Å². The van der Waals surface area contributed by atoms with E-state index in [1.165, 1.54) is 4.31 Å². The van der Waals surface area contributed by atoms with Crippen LogP contribution in [0.15, 0.2) is 24.3 Å². The Morgan fingerprint density at radius 2 is 1.95 bits per heavy atom. The van der Waals surface area contributed by atoms with Crippen molar-refractivity contribution in [3.05, 3.63) is 29.8 Å². The third kappa shape index (κ3) is 2.50. The Bertz CT molecular complexity index is 608. The number of fused-ring (bicyclic) bond motifs is 1. The molecule has 1 aromatic carbocycles. The summed E-state index contributed by atoms with van der Waals surface area (Å²) < 4.78 is 28.7. The molecule has 19 heavy (non-hydrogen) atoms. The van der Waals surface area contributed by atoms with Crippen LogP contribution in [0.4, 0.5) is 5.69 Å². The summed E-state index contributed by atoms with van der Waals surface area (Å²) in [6, 6.07) is 6.99. The molecule has 1 saturated carbocycles. The van der Waals surface area contributed by atoms with Crippen LogP contribution < -0.4 is 9.03 Å². The number of carbonyl (C=O) groups excluding carboxylic acids is 1. The maximum Gasteiger partial charge on any atom is 0.301 e. The first kappa shape index (κ1) is 12.6. The van der Waals surface area contributed by atoms with Crippen molar-refractivity contribution in [2.45, 2.75) is 31.7 Å². The zero-order valence-electron chi connectivity index (χ0n) is 10.5. The van der Waals surface area contributed by atoms with Crippen LogP contribution in [0.25, 0.3) is 0 Å². The van der Waals surface area contributed by atoms with Gasteiger partial charge in [0, 0.05) is 24.6 Å². The highest BCUT2D eigenvalue weighted by Gasteiger charge is 2.33. The highest BCUT2D eigenvalue weighted by molar-refractivity contribution is 7.90. The van der Waals surface area contributed by atoms with Crippen molar-refractivity contribution >= 4 is 21.7 Å². The number of rotatable bonds is 3. The molecule has 0 saturated heterocycles. The Morgan fingerprint density at radius 1 is 1.21 bits per heavy atom. The summed E-state index contributed by atoms with van der Waals surface area (Å²) in [6.45, 7) is 0.352. The first-order valence-electron chi connectivity index (χ1n) is 6.50. The van der Waals surface area contributed by atoms with Crippen LogP contribution in [0.5, 0.6) is 0 Å². The molecule has 0 amide bonds. The zero-order chi connectivity index (χ0) is 13.5. The third-order valence-electron chi connectivity index (χ3n) is 3.42. The Morgan fingerprint density at radius 3 is 2.68 bits per heavy atom. The van der Waals surface area contributed by atoms with Gasteiger partial charge in [-0.2, -0.15) is 13.1 Å². The fourth-order valence-electron chi connectivity index (χ4n) is 2.29. The van der Waals surface area contributed by atoms with E-state index < -0.39 is 10.2 Å². The highest BCUT2D eigenvalue weighted by Crippen LogP contribution is 2.29. The SMILES string of the molecule is O=C1CCCN(S(=O)(=O)NC2CC2)c2ccccc21. The van der Waals surface area contributed by atoms with E-state index in [0.717, 1.165) is 12.8 Å². The predicted molar refractivity (Wildman–Crippen MR) is 72.4 cm³/mol. The summed E-state index contributed by atoms with van der Waals surface area (Å²) >= 11 is 0. The van der Waals surface area contributed by atoms with Gasteiger partial charge in [0.05, 0.1) is 5.69 Å². The van der Waals surface area contributed by atoms with Gasteiger partial charge in [0.1, 0.15) is 0 Å². The first-order chi connectivity index (χ1) is 9.08. The number of benzene rings is 1. The Labute approximate surface area is 112 Å². The number of nitrogens with one attached hydrogen (secondary N) is 1. The molecule has 0 atom stereocenters. The monoisotopic (exact) mass is 280 g/mol. The number of Topliss-reactive ketones (excluding diaryl/α,β-unsaturated/α-hetero) is 1. The normalized spacial score (nSPS) is 20.0. The van der Waals surface area contributed by atoms with E-state index in [2.05, 4.69) is 4.72 Å². The smallest absolute Gasteiger partial charge is 0.294 e. The third-order valence-corrected chi connectivity index (χ3v) is 5.01. The fourth-order valence-corrected chi connectivity index (χ4v) is 3.86. The second-order valence-corrected chi connectivity index (χ2v) is 6.64. The number of para-hydroxylation sites is 1. The van der Waals surface area contributed by atoms with Crippen LogP contribution in [0, 0.1) is 0 Å². The Kier molecular flexibility index (Phi) is 3.06. The molecule has 1 fully saturated rings. The molecule has 3 rings (SSSR count). The number of ketones is 1. The van der Waals surface area contributed by atoms with E-state index in [0.29, 0.717) is 30.6 Å². The minimum Gasteiger partial charge on any atom is -0.294 e. The maximum absolute atomic E-state index is 12.4. The summed E-state index contributed by atoms with van der Waals surface area (Å²) in [5, 5.41) is 0. The first-order valence-corrected chi connectivity index (χ1v) is 7.94. The molecule has 6 heteroatoms. The molecule has 5 nitrogen and oxygen atoms in total. The zero-order valence-corrected chi connectivity index (χ0v) is 11.3. The quantitative estimate of drug-likeness (QED) is 0.911. The minimum absolute atomic E-state index is 0.0136. The second-order valence-electron chi connectivity index (χ2n) is 5.01. The number of anilines is 1. The van der Waals surface area contributed by atoms with Crippen LogP contribution in [0.2, 0.25) is 0 Å². The molecule has 1 aromatic rings. The van der Waals surface area contributed by atoms with Crippen molar-refractivity contribution < 1.29 is 13.2 Å². The number of hydrogen-bond acceptors (Lipinski definition) is 3. The van der Waals surface area contributed by atoms with Crippen LogP contribution in [-0.4, -0.2) is 26.8 Å². The van der Waals surface area contributed by atoms with Crippen molar-refractivity contribution in [3.8, 4) is 0 Å². The molecule has 1 N–H and O–H groups in total. The molecule has 0 spiro atoms. The molecule has 2 aliphatic rings. The molecule has 0 radical (unpaired) electrons.